The van der Waals surface area contributed by atoms with E-state index in [1.807, 2.05) is 17.8 Å². The normalized spacial score (nSPS) is 22.8. The summed E-state index contributed by atoms with van der Waals surface area (Å²) < 4.78 is 7.22. The number of benzene rings is 1. The molecule has 1 aliphatic heterocycles. The Hall–Kier alpha value is -1.22. The number of thioether (sulfide) groups is 1. The lowest BCUT2D eigenvalue weighted by molar-refractivity contribution is 0.0624. The van der Waals surface area contributed by atoms with E-state index in [4.69, 9.17) is 22.3 Å². The summed E-state index contributed by atoms with van der Waals surface area (Å²) in [7, 11) is 2.04. The van der Waals surface area contributed by atoms with Gasteiger partial charge in [-0.1, -0.05) is 43.2 Å². The van der Waals surface area contributed by atoms with Gasteiger partial charge in [0.2, 0.25) is 0 Å². The maximum absolute atomic E-state index is 5.70. The van der Waals surface area contributed by atoms with Crippen LogP contribution >= 0.6 is 35.3 Å². The van der Waals surface area contributed by atoms with E-state index < -0.39 is 0 Å². The third kappa shape index (κ3) is 4.17. The molecule has 1 aromatic carbocycles. The van der Waals surface area contributed by atoms with Crippen molar-refractivity contribution in [2.24, 2.45) is 18.9 Å². The van der Waals surface area contributed by atoms with Gasteiger partial charge in [-0.3, -0.25) is 4.90 Å². The van der Waals surface area contributed by atoms with Gasteiger partial charge in [0.15, 0.2) is 9.11 Å². The zero-order valence-electron chi connectivity index (χ0n) is 16.8. The summed E-state index contributed by atoms with van der Waals surface area (Å²) in [6, 6.07) is 8.30. The van der Waals surface area contributed by atoms with E-state index in [0.717, 1.165) is 44.7 Å². The van der Waals surface area contributed by atoms with E-state index in [-0.39, 0.29) is 0 Å². The summed E-state index contributed by atoms with van der Waals surface area (Å²) in [6.07, 6.45) is 7.02. The molecule has 0 amide bonds. The fourth-order valence-electron chi connectivity index (χ4n) is 4.78. The Balaban J connectivity index is 1.25. The third-order valence-corrected chi connectivity index (χ3v) is 9.10. The van der Waals surface area contributed by atoms with Crippen molar-refractivity contribution in [2.45, 2.75) is 48.9 Å². The van der Waals surface area contributed by atoms with Crippen molar-refractivity contribution in [2.75, 3.05) is 13.1 Å². The molecule has 1 saturated carbocycles. The number of para-hydroxylation sites is 1. The zero-order chi connectivity index (χ0) is 19.8. The number of rotatable bonds is 5. The number of likely N-dealkylation sites (tertiary alicyclic amines) is 1. The minimum atomic E-state index is 0.789. The predicted octanol–water partition coefficient (Wildman–Crippen LogP) is 5.32. The first kappa shape index (κ1) is 19.7. The van der Waals surface area contributed by atoms with Crippen molar-refractivity contribution < 1.29 is 0 Å². The van der Waals surface area contributed by atoms with Gasteiger partial charge in [-0.25, -0.2) is 9.67 Å². The fourth-order valence-corrected chi connectivity index (χ4v) is 7.03. The maximum Gasteiger partial charge on any atom is 0.198 e. The van der Waals surface area contributed by atoms with Crippen molar-refractivity contribution in [3.63, 3.8) is 0 Å². The standard InChI is InChI=1S/C21H27N5S3/c1-24-19(13-28-20-22-17-8-4-5-9-18(17)29-20)23-26(21(24)27)14-25-11-10-15-6-2-3-7-16(15)12-25/h4-5,8-9,15-16H,2-3,6-7,10-14H2,1H3/t15-,16+/m0/s1. The highest BCUT2D eigenvalue weighted by atomic mass is 32.2. The molecule has 0 radical (unpaired) electrons. The predicted molar refractivity (Wildman–Crippen MR) is 123 cm³/mol. The van der Waals surface area contributed by atoms with Crippen LogP contribution in [0.3, 0.4) is 0 Å². The molecule has 1 saturated heterocycles. The monoisotopic (exact) mass is 445 g/mol. The first-order valence-corrected chi connectivity index (χ1v) is 12.7. The first-order valence-electron chi connectivity index (χ1n) is 10.5. The van der Waals surface area contributed by atoms with Gasteiger partial charge in [0.1, 0.15) is 5.82 Å². The van der Waals surface area contributed by atoms with Crippen LogP contribution in [0.5, 0.6) is 0 Å². The molecule has 2 atom stereocenters. The highest BCUT2D eigenvalue weighted by Crippen LogP contribution is 2.36. The van der Waals surface area contributed by atoms with Crippen molar-refractivity contribution >= 4 is 45.5 Å². The summed E-state index contributed by atoms with van der Waals surface area (Å²) in [4.78, 5) is 7.28. The van der Waals surface area contributed by atoms with E-state index in [2.05, 4.69) is 27.7 Å². The molecule has 154 valence electrons. The van der Waals surface area contributed by atoms with E-state index in [1.54, 1.807) is 23.1 Å². The molecule has 3 heterocycles. The largest absolute Gasteiger partial charge is 0.306 e. The van der Waals surface area contributed by atoms with Crippen LogP contribution in [-0.4, -0.2) is 37.3 Å². The molecule has 0 unspecified atom stereocenters. The van der Waals surface area contributed by atoms with Gasteiger partial charge in [0.25, 0.3) is 0 Å². The summed E-state index contributed by atoms with van der Waals surface area (Å²) >= 11 is 9.19. The lowest BCUT2D eigenvalue weighted by Gasteiger charge is -2.41. The average Bonchev–Trinajstić information content (AvgIpc) is 3.28. The molecule has 29 heavy (non-hydrogen) atoms. The second kappa shape index (κ2) is 8.49. The number of piperidine rings is 1. The van der Waals surface area contributed by atoms with E-state index >= 15 is 0 Å². The number of aromatic nitrogens is 4. The number of fused-ring (bicyclic) bond motifs is 2. The molecule has 0 spiro atoms. The Morgan fingerprint density at radius 3 is 2.86 bits per heavy atom. The molecule has 2 fully saturated rings. The highest BCUT2D eigenvalue weighted by molar-refractivity contribution is 8.00. The van der Waals surface area contributed by atoms with Crippen LogP contribution in [-0.2, 0) is 19.5 Å². The number of hydrogen-bond donors (Lipinski definition) is 0. The minimum absolute atomic E-state index is 0.789. The highest BCUT2D eigenvalue weighted by Gasteiger charge is 2.31. The molecule has 1 aliphatic carbocycles. The second-order valence-electron chi connectivity index (χ2n) is 8.31. The molecule has 0 N–H and O–H groups in total. The van der Waals surface area contributed by atoms with Gasteiger partial charge in [0, 0.05) is 20.1 Å². The SMILES string of the molecule is Cn1c(CSc2nc3ccccc3s2)nn(CN2CC[C@@H]3CCCC[C@@H]3C2)c1=S. The van der Waals surface area contributed by atoms with Crippen LogP contribution < -0.4 is 0 Å². The molecular weight excluding hydrogens is 418 g/mol. The summed E-state index contributed by atoms with van der Waals surface area (Å²) in [5.74, 6) is 3.64. The topological polar surface area (TPSA) is 38.9 Å². The molecule has 5 rings (SSSR count). The van der Waals surface area contributed by atoms with Crippen LogP contribution in [0.4, 0.5) is 0 Å². The van der Waals surface area contributed by atoms with Gasteiger partial charge < -0.3 is 4.57 Å². The van der Waals surface area contributed by atoms with E-state index in [0.29, 0.717) is 0 Å². The van der Waals surface area contributed by atoms with Crippen LogP contribution in [0.2, 0.25) is 0 Å². The maximum atomic E-state index is 5.70. The average molecular weight is 446 g/mol. The van der Waals surface area contributed by atoms with Gasteiger partial charge in [0.05, 0.1) is 22.6 Å². The number of hydrogen-bond acceptors (Lipinski definition) is 6. The zero-order valence-corrected chi connectivity index (χ0v) is 19.2. The van der Waals surface area contributed by atoms with E-state index in [9.17, 15) is 0 Å². The third-order valence-electron chi connectivity index (χ3n) is 6.44. The second-order valence-corrected chi connectivity index (χ2v) is 10.9. The number of nitrogens with zero attached hydrogens (tertiary/aromatic N) is 5. The Labute approximate surface area is 185 Å². The molecule has 3 aromatic rings. The smallest absolute Gasteiger partial charge is 0.198 e. The first-order chi connectivity index (χ1) is 14.2. The molecule has 2 aliphatic rings. The molecular formula is C21H27N5S3. The van der Waals surface area contributed by atoms with Crippen molar-refractivity contribution in [1.82, 2.24) is 24.2 Å². The van der Waals surface area contributed by atoms with E-state index in [1.165, 1.54) is 49.9 Å². The lowest BCUT2D eigenvalue weighted by atomic mass is 9.75. The summed E-state index contributed by atoms with van der Waals surface area (Å²) in [5, 5.41) is 4.87. The van der Waals surface area contributed by atoms with Gasteiger partial charge in [-0.05, 0) is 49.0 Å². The summed E-state index contributed by atoms with van der Waals surface area (Å²) in [6.45, 7) is 3.20. The Bertz CT molecular complexity index is 1020. The Morgan fingerprint density at radius 1 is 1.17 bits per heavy atom. The molecule has 2 aromatic heterocycles. The quantitative estimate of drug-likeness (QED) is 0.392. The van der Waals surface area contributed by atoms with Crippen molar-refractivity contribution in [3.8, 4) is 0 Å². The van der Waals surface area contributed by atoms with Gasteiger partial charge >= 0.3 is 0 Å². The summed E-state index contributed by atoms with van der Waals surface area (Å²) in [5.41, 5.74) is 1.07. The number of thiazole rings is 1. The van der Waals surface area contributed by atoms with Crippen LogP contribution in [0.25, 0.3) is 10.2 Å². The molecule has 8 heteroatoms. The van der Waals surface area contributed by atoms with Crippen molar-refractivity contribution in [3.05, 3.63) is 34.9 Å². The van der Waals surface area contributed by atoms with Crippen LogP contribution in [0.1, 0.15) is 37.9 Å². The molecule has 5 nitrogen and oxygen atoms in total. The van der Waals surface area contributed by atoms with Gasteiger partial charge in [-0.2, -0.15) is 5.10 Å². The lowest BCUT2D eigenvalue weighted by Crippen LogP contribution is -2.42. The van der Waals surface area contributed by atoms with Gasteiger partial charge in [-0.15, -0.1) is 11.3 Å². The van der Waals surface area contributed by atoms with Crippen LogP contribution in [0, 0.1) is 16.6 Å². The van der Waals surface area contributed by atoms with Crippen LogP contribution in [0.15, 0.2) is 28.6 Å². The Kier molecular flexibility index (Phi) is 5.78. The van der Waals surface area contributed by atoms with Crippen molar-refractivity contribution in [1.29, 1.82) is 0 Å². The minimum Gasteiger partial charge on any atom is -0.306 e. The Morgan fingerprint density at radius 2 is 2.00 bits per heavy atom. The molecule has 0 bridgehead atoms. The fraction of sp³-hybridized carbons (Fsp3) is 0.571.